The van der Waals surface area contributed by atoms with Gasteiger partial charge in [-0.3, -0.25) is 0 Å². The van der Waals surface area contributed by atoms with Gasteiger partial charge in [-0.05, 0) is 18.1 Å². The highest BCUT2D eigenvalue weighted by Gasteiger charge is 2.36. The van der Waals surface area contributed by atoms with Crippen LogP contribution in [0, 0.1) is 5.92 Å². The van der Waals surface area contributed by atoms with Gasteiger partial charge < -0.3 is 10.1 Å². The van der Waals surface area contributed by atoms with Crippen molar-refractivity contribution in [2.24, 2.45) is 5.92 Å². The smallest absolute Gasteiger partial charge is 0.185 e. The van der Waals surface area contributed by atoms with Crippen LogP contribution in [-0.4, -0.2) is 27.3 Å². The lowest BCUT2D eigenvalue weighted by molar-refractivity contribution is 0.414. The second-order valence-corrected chi connectivity index (χ2v) is 6.68. The molecule has 2 rings (SSSR count). The van der Waals surface area contributed by atoms with Gasteiger partial charge in [0.1, 0.15) is 5.75 Å². The second-order valence-electron chi connectivity index (χ2n) is 4.54. The van der Waals surface area contributed by atoms with Crippen molar-refractivity contribution in [3.8, 4) is 5.75 Å². The highest BCUT2D eigenvalue weighted by atomic mass is 32.2. The zero-order valence-corrected chi connectivity index (χ0v) is 11.0. The minimum absolute atomic E-state index is 0.0897. The van der Waals surface area contributed by atoms with Crippen molar-refractivity contribution in [2.45, 2.75) is 24.0 Å². The van der Waals surface area contributed by atoms with Gasteiger partial charge in [0.15, 0.2) is 9.84 Å². The van der Waals surface area contributed by atoms with Gasteiger partial charge in [-0.15, -0.1) is 0 Å². The van der Waals surface area contributed by atoms with Crippen LogP contribution in [0.1, 0.15) is 13.8 Å². The monoisotopic (exact) mass is 255 g/mol. The molecule has 94 valence electrons. The highest BCUT2D eigenvalue weighted by molar-refractivity contribution is 7.92. The zero-order chi connectivity index (χ0) is 12.6. The highest BCUT2D eigenvalue weighted by Crippen LogP contribution is 2.38. The summed E-state index contributed by atoms with van der Waals surface area (Å²) in [5, 5.41) is 2.79. The van der Waals surface area contributed by atoms with E-state index in [1.165, 1.54) is 0 Å². The van der Waals surface area contributed by atoms with E-state index in [9.17, 15) is 8.42 Å². The summed E-state index contributed by atoms with van der Waals surface area (Å²) in [4.78, 5) is 0.349. The number of fused-ring (bicyclic) bond motifs is 1. The first-order valence-electron chi connectivity index (χ1n) is 5.63. The maximum absolute atomic E-state index is 12.4. The van der Waals surface area contributed by atoms with Crippen LogP contribution < -0.4 is 10.1 Å². The van der Waals surface area contributed by atoms with Gasteiger partial charge in [0.05, 0.1) is 22.9 Å². The number of rotatable bonds is 2. The summed E-state index contributed by atoms with van der Waals surface area (Å²) >= 11 is 0. The summed E-state index contributed by atoms with van der Waals surface area (Å²) in [6, 6.07) is 5.10. The lowest BCUT2D eigenvalue weighted by atomic mass is 10.1. The average molecular weight is 255 g/mol. The molecule has 17 heavy (non-hydrogen) atoms. The molecule has 5 heteroatoms. The fourth-order valence-electron chi connectivity index (χ4n) is 2.16. The Kier molecular flexibility index (Phi) is 3.03. The largest absolute Gasteiger partial charge is 0.495 e. The predicted octanol–water partition coefficient (Wildman–Crippen LogP) is 1.92. The Morgan fingerprint density at radius 1 is 1.41 bits per heavy atom. The van der Waals surface area contributed by atoms with Gasteiger partial charge in [0, 0.05) is 6.54 Å². The molecule has 0 radical (unpaired) electrons. The van der Waals surface area contributed by atoms with Crippen LogP contribution in [0.3, 0.4) is 0 Å². The lowest BCUT2D eigenvalue weighted by Gasteiger charge is -2.29. The van der Waals surface area contributed by atoms with Crippen molar-refractivity contribution in [1.82, 2.24) is 0 Å². The zero-order valence-electron chi connectivity index (χ0n) is 10.2. The van der Waals surface area contributed by atoms with Gasteiger partial charge in [0.2, 0.25) is 0 Å². The van der Waals surface area contributed by atoms with Crippen LogP contribution >= 0.6 is 0 Å². The molecular weight excluding hydrogens is 238 g/mol. The summed E-state index contributed by atoms with van der Waals surface area (Å²) < 4.78 is 30.0. The molecule has 1 aromatic carbocycles. The molecule has 4 nitrogen and oxygen atoms in total. The van der Waals surface area contributed by atoms with Crippen molar-refractivity contribution >= 4 is 15.5 Å². The number of sulfone groups is 1. The first kappa shape index (κ1) is 12.2. The van der Waals surface area contributed by atoms with Crippen LogP contribution in [0.4, 0.5) is 5.69 Å². The first-order chi connectivity index (χ1) is 7.98. The molecule has 0 amide bonds. The lowest BCUT2D eigenvalue weighted by Crippen LogP contribution is -2.38. The summed E-state index contributed by atoms with van der Waals surface area (Å²) in [5.74, 6) is 0.667. The number of hydrogen-bond acceptors (Lipinski definition) is 4. The van der Waals surface area contributed by atoms with E-state index < -0.39 is 9.84 Å². The van der Waals surface area contributed by atoms with Crippen molar-refractivity contribution in [2.75, 3.05) is 19.0 Å². The van der Waals surface area contributed by atoms with Crippen LogP contribution in [0.25, 0.3) is 0 Å². The Morgan fingerprint density at radius 3 is 2.71 bits per heavy atom. The van der Waals surface area contributed by atoms with Crippen molar-refractivity contribution in [1.29, 1.82) is 0 Å². The number of ether oxygens (including phenoxy) is 1. The predicted molar refractivity (Wildman–Crippen MR) is 67.3 cm³/mol. The van der Waals surface area contributed by atoms with Gasteiger partial charge >= 0.3 is 0 Å². The van der Waals surface area contributed by atoms with Crippen molar-refractivity contribution in [3.63, 3.8) is 0 Å². The standard InChI is InChI=1S/C12H17NO3S/c1-8(2)11-7-13-12-9(16-3)5-4-6-10(12)17(11,14)15/h4-6,8,11,13H,7H2,1-3H3. The van der Waals surface area contributed by atoms with E-state index >= 15 is 0 Å². The number of methoxy groups -OCH3 is 1. The van der Waals surface area contributed by atoms with Crippen LogP contribution in [0.2, 0.25) is 0 Å². The third-order valence-corrected chi connectivity index (χ3v) is 5.60. The summed E-state index contributed by atoms with van der Waals surface area (Å²) in [6.07, 6.45) is 0. The third-order valence-electron chi connectivity index (χ3n) is 3.14. The van der Waals surface area contributed by atoms with Crippen LogP contribution in [0.15, 0.2) is 23.1 Å². The van der Waals surface area contributed by atoms with Crippen molar-refractivity contribution < 1.29 is 13.2 Å². The van der Waals surface area contributed by atoms with Gasteiger partial charge in [-0.1, -0.05) is 19.9 Å². The van der Waals surface area contributed by atoms with Gasteiger partial charge in [-0.2, -0.15) is 0 Å². The quantitative estimate of drug-likeness (QED) is 0.877. The third kappa shape index (κ3) is 1.88. The summed E-state index contributed by atoms with van der Waals surface area (Å²) in [6.45, 7) is 4.29. The molecule has 1 aromatic rings. The first-order valence-corrected chi connectivity index (χ1v) is 7.18. The molecule has 0 bridgehead atoms. The molecule has 1 heterocycles. The molecule has 1 aliphatic heterocycles. The molecule has 1 N–H and O–H groups in total. The molecule has 0 aliphatic carbocycles. The maximum atomic E-state index is 12.4. The normalized spacial score (nSPS) is 21.8. The minimum Gasteiger partial charge on any atom is -0.495 e. The Labute approximate surface area is 102 Å². The molecule has 0 saturated carbocycles. The van der Waals surface area contributed by atoms with Gasteiger partial charge in [0.25, 0.3) is 0 Å². The molecule has 1 aliphatic rings. The molecule has 1 atom stereocenters. The van der Waals surface area contributed by atoms with Crippen LogP contribution in [-0.2, 0) is 9.84 Å². The number of benzene rings is 1. The van der Waals surface area contributed by atoms with Crippen molar-refractivity contribution in [3.05, 3.63) is 18.2 Å². The van der Waals surface area contributed by atoms with E-state index in [4.69, 9.17) is 4.74 Å². The Balaban J connectivity index is 2.59. The van der Waals surface area contributed by atoms with E-state index in [2.05, 4.69) is 5.32 Å². The number of hydrogen-bond donors (Lipinski definition) is 1. The maximum Gasteiger partial charge on any atom is 0.185 e. The molecule has 1 unspecified atom stereocenters. The average Bonchev–Trinajstić information content (AvgIpc) is 2.27. The molecule has 0 saturated heterocycles. The van der Waals surface area contributed by atoms with E-state index in [1.54, 1.807) is 25.3 Å². The van der Waals surface area contributed by atoms with E-state index in [0.29, 0.717) is 22.9 Å². The van der Waals surface area contributed by atoms with E-state index in [-0.39, 0.29) is 11.2 Å². The topological polar surface area (TPSA) is 55.4 Å². The minimum atomic E-state index is -3.26. The van der Waals surface area contributed by atoms with E-state index in [1.807, 2.05) is 13.8 Å². The molecule has 0 spiro atoms. The Morgan fingerprint density at radius 2 is 2.12 bits per heavy atom. The fourth-order valence-corrected chi connectivity index (χ4v) is 4.23. The van der Waals surface area contributed by atoms with E-state index in [0.717, 1.165) is 0 Å². The summed E-state index contributed by atoms with van der Waals surface area (Å²) in [5.41, 5.74) is 0.590. The second kappa shape index (κ2) is 4.22. The molecular formula is C12H17NO3S. The molecule has 0 aromatic heterocycles. The number of nitrogens with one attached hydrogen (secondary N) is 1. The number of para-hydroxylation sites is 1. The van der Waals surface area contributed by atoms with Gasteiger partial charge in [-0.25, -0.2) is 8.42 Å². The molecule has 0 fully saturated rings. The fraction of sp³-hybridized carbons (Fsp3) is 0.500. The summed E-state index contributed by atoms with van der Waals surface area (Å²) in [7, 11) is -1.72. The Hall–Kier alpha value is -1.23. The number of anilines is 1. The van der Waals surface area contributed by atoms with Crippen LogP contribution in [0.5, 0.6) is 5.75 Å². The SMILES string of the molecule is COc1cccc2c1NCC(C(C)C)S2(=O)=O. The Bertz CT molecular complexity index is 523.